The molecule has 0 saturated carbocycles. The Labute approximate surface area is 175 Å². The smallest absolute Gasteiger partial charge is 0.279 e. The highest BCUT2D eigenvalue weighted by molar-refractivity contribution is 5.93. The number of hydrogen-bond donors (Lipinski definition) is 3. The highest BCUT2D eigenvalue weighted by atomic mass is 16.5. The second-order valence-electron chi connectivity index (χ2n) is 6.57. The number of carbonyl (C=O) groups is 3. The van der Waals surface area contributed by atoms with Gasteiger partial charge in [-0.2, -0.15) is 0 Å². The topological polar surface area (TPSA) is 106 Å². The van der Waals surface area contributed by atoms with Crippen LogP contribution in [0.3, 0.4) is 0 Å². The number of benzene rings is 2. The van der Waals surface area contributed by atoms with Gasteiger partial charge in [-0.25, -0.2) is 0 Å². The van der Waals surface area contributed by atoms with Crippen molar-refractivity contribution in [3.05, 3.63) is 54.1 Å². The number of hydrazine groups is 1. The Morgan fingerprint density at radius 3 is 2.27 bits per heavy atom. The molecular formula is C22H27N3O5. The number of amides is 3. The van der Waals surface area contributed by atoms with E-state index in [0.29, 0.717) is 23.8 Å². The molecule has 1 atom stereocenters. The molecule has 0 heterocycles. The summed E-state index contributed by atoms with van der Waals surface area (Å²) < 4.78 is 10.9. The maximum Gasteiger partial charge on any atom is 0.279 e. The number of nitrogens with one attached hydrogen (secondary N) is 3. The van der Waals surface area contributed by atoms with Gasteiger partial charge in [-0.05, 0) is 56.7 Å². The molecule has 2 aromatic rings. The van der Waals surface area contributed by atoms with Gasteiger partial charge in [-0.3, -0.25) is 25.2 Å². The van der Waals surface area contributed by atoms with Crippen molar-refractivity contribution in [2.45, 2.75) is 39.7 Å². The second-order valence-corrected chi connectivity index (χ2v) is 6.57. The van der Waals surface area contributed by atoms with Gasteiger partial charge >= 0.3 is 0 Å². The summed E-state index contributed by atoms with van der Waals surface area (Å²) in [6, 6.07) is 14.3. The largest absolute Gasteiger partial charge is 0.494 e. The van der Waals surface area contributed by atoms with Crippen LogP contribution in [0.5, 0.6) is 11.5 Å². The average Bonchev–Trinajstić information content (AvgIpc) is 2.73. The Hall–Kier alpha value is -3.55. The van der Waals surface area contributed by atoms with Crippen LogP contribution in [0.4, 0.5) is 5.69 Å². The molecule has 1 unspecified atom stereocenters. The quantitative estimate of drug-likeness (QED) is 0.548. The van der Waals surface area contributed by atoms with Gasteiger partial charge in [-0.15, -0.1) is 0 Å². The van der Waals surface area contributed by atoms with Crippen molar-refractivity contribution >= 4 is 23.4 Å². The maximum absolute atomic E-state index is 12.1. The van der Waals surface area contributed by atoms with Crippen LogP contribution < -0.4 is 25.6 Å². The second kappa shape index (κ2) is 11.5. The Morgan fingerprint density at radius 2 is 1.60 bits per heavy atom. The fourth-order valence-electron chi connectivity index (χ4n) is 2.48. The molecule has 30 heavy (non-hydrogen) atoms. The summed E-state index contributed by atoms with van der Waals surface area (Å²) in [6.45, 7) is 5.91. The zero-order chi connectivity index (χ0) is 21.9. The van der Waals surface area contributed by atoms with Crippen molar-refractivity contribution in [2.75, 3.05) is 11.9 Å². The summed E-state index contributed by atoms with van der Waals surface area (Å²) in [5, 5.41) is 2.70. The fourth-order valence-corrected chi connectivity index (χ4v) is 2.48. The van der Waals surface area contributed by atoms with Crippen LogP contribution in [0.2, 0.25) is 0 Å². The SMILES string of the molecule is CCOc1ccc(NC(=O)CCC(=O)NNC(=O)C(C)Oc2ccccc2C)cc1. The number of anilines is 1. The Balaban J connectivity index is 1.69. The van der Waals surface area contributed by atoms with Crippen molar-refractivity contribution in [3.63, 3.8) is 0 Å². The van der Waals surface area contributed by atoms with Crippen LogP contribution in [0, 0.1) is 6.92 Å². The third kappa shape index (κ3) is 7.46. The molecule has 3 amide bonds. The van der Waals surface area contributed by atoms with Crippen molar-refractivity contribution in [3.8, 4) is 11.5 Å². The van der Waals surface area contributed by atoms with Crippen LogP contribution in [0.1, 0.15) is 32.3 Å². The molecule has 0 fully saturated rings. The minimum absolute atomic E-state index is 0.0236. The molecule has 0 saturated heterocycles. The Morgan fingerprint density at radius 1 is 0.933 bits per heavy atom. The van der Waals surface area contributed by atoms with Crippen LogP contribution in [0.25, 0.3) is 0 Å². The molecule has 0 aromatic heterocycles. The van der Waals surface area contributed by atoms with Crippen LogP contribution >= 0.6 is 0 Å². The number of aryl methyl sites for hydroxylation is 1. The molecule has 160 valence electrons. The minimum Gasteiger partial charge on any atom is -0.494 e. The van der Waals surface area contributed by atoms with Gasteiger partial charge in [0.2, 0.25) is 11.8 Å². The van der Waals surface area contributed by atoms with Crippen molar-refractivity contribution in [2.24, 2.45) is 0 Å². The molecule has 0 bridgehead atoms. The fraction of sp³-hybridized carbons (Fsp3) is 0.318. The summed E-state index contributed by atoms with van der Waals surface area (Å²) in [6.07, 6.45) is -0.894. The first-order valence-electron chi connectivity index (χ1n) is 9.72. The van der Waals surface area contributed by atoms with Gasteiger partial charge in [0.25, 0.3) is 5.91 Å². The Kier molecular flexibility index (Phi) is 8.68. The highest BCUT2D eigenvalue weighted by Gasteiger charge is 2.16. The molecule has 0 radical (unpaired) electrons. The third-order valence-electron chi connectivity index (χ3n) is 4.12. The van der Waals surface area contributed by atoms with E-state index in [2.05, 4.69) is 16.2 Å². The molecule has 8 heteroatoms. The zero-order valence-corrected chi connectivity index (χ0v) is 17.4. The van der Waals surface area contributed by atoms with Crippen LogP contribution in [-0.4, -0.2) is 30.4 Å². The van der Waals surface area contributed by atoms with Gasteiger partial charge in [-0.1, -0.05) is 18.2 Å². The first-order chi connectivity index (χ1) is 14.4. The van der Waals surface area contributed by atoms with Crippen molar-refractivity contribution in [1.82, 2.24) is 10.9 Å². The van der Waals surface area contributed by atoms with E-state index in [0.717, 1.165) is 5.56 Å². The minimum atomic E-state index is -0.797. The first kappa shape index (κ1) is 22.7. The van der Waals surface area contributed by atoms with Gasteiger partial charge in [0.1, 0.15) is 11.5 Å². The predicted octanol–water partition coefficient (Wildman–Crippen LogP) is 2.73. The summed E-state index contributed by atoms with van der Waals surface area (Å²) in [5.41, 5.74) is 6.11. The molecule has 0 aliphatic carbocycles. The molecule has 0 spiro atoms. The summed E-state index contributed by atoms with van der Waals surface area (Å²) in [7, 11) is 0. The number of carbonyl (C=O) groups excluding carboxylic acids is 3. The van der Waals surface area contributed by atoms with Crippen molar-refractivity contribution < 1.29 is 23.9 Å². The lowest BCUT2D eigenvalue weighted by Crippen LogP contribution is -2.47. The summed E-state index contributed by atoms with van der Waals surface area (Å²) in [4.78, 5) is 35.9. The third-order valence-corrected chi connectivity index (χ3v) is 4.12. The maximum atomic E-state index is 12.1. The van der Waals surface area contributed by atoms with E-state index in [1.807, 2.05) is 32.0 Å². The lowest BCUT2D eigenvalue weighted by Gasteiger charge is -2.16. The van der Waals surface area contributed by atoms with Gasteiger partial charge in [0, 0.05) is 18.5 Å². The number of rotatable bonds is 9. The number of hydrogen-bond acceptors (Lipinski definition) is 5. The molecule has 0 aliphatic rings. The standard InChI is InChI=1S/C22H27N3O5/c1-4-29-18-11-9-17(10-12-18)23-20(26)13-14-21(27)24-25-22(28)16(3)30-19-8-6-5-7-15(19)2/h5-12,16H,4,13-14H2,1-3H3,(H,23,26)(H,24,27)(H,25,28). The monoisotopic (exact) mass is 413 g/mol. The van der Waals surface area contributed by atoms with E-state index >= 15 is 0 Å². The average molecular weight is 413 g/mol. The van der Waals surface area contributed by atoms with Gasteiger partial charge in [0.05, 0.1) is 6.61 Å². The molecule has 2 rings (SSSR count). The predicted molar refractivity (Wildman–Crippen MR) is 113 cm³/mol. The van der Waals surface area contributed by atoms with Crippen LogP contribution in [-0.2, 0) is 14.4 Å². The normalized spacial score (nSPS) is 11.2. The number of para-hydroxylation sites is 1. The highest BCUT2D eigenvalue weighted by Crippen LogP contribution is 2.18. The summed E-state index contributed by atoms with van der Waals surface area (Å²) >= 11 is 0. The number of ether oxygens (including phenoxy) is 2. The zero-order valence-electron chi connectivity index (χ0n) is 17.4. The van der Waals surface area contributed by atoms with E-state index in [4.69, 9.17) is 9.47 Å². The van der Waals surface area contributed by atoms with Crippen LogP contribution in [0.15, 0.2) is 48.5 Å². The molecular weight excluding hydrogens is 386 g/mol. The van der Waals surface area contributed by atoms with E-state index in [-0.39, 0.29) is 18.7 Å². The summed E-state index contributed by atoms with van der Waals surface area (Å²) in [5.74, 6) is 0.0271. The molecule has 0 aliphatic heterocycles. The molecule has 3 N–H and O–H groups in total. The van der Waals surface area contributed by atoms with E-state index < -0.39 is 17.9 Å². The first-order valence-corrected chi connectivity index (χ1v) is 9.72. The lowest BCUT2D eigenvalue weighted by molar-refractivity contribution is -0.133. The Bertz CT molecular complexity index is 867. The molecule has 2 aromatic carbocycles. The lowest BCUT2D eigenvalue weighted by atomic mass is 10.2. The van der Waals surface area contributed by atoms with Gasteiger partial charge in [0.15, 0.2) is 6.10 Å². The molecule has 8 nitrogen and oxygen atoms in total. The van der Waals surface area contributed by atoms with E-state index in [1.165, 1.54) is 0 Å². The van der Waals surface area contributed by atoms with E-state index in [1.54, 1.807) is 37.3 Å². The van der Waals surface area contributed by atoms with Gasteiger partial charge < -0.3 is 14.8 Å². The van der Waals surface area contributed by atoms with E-state index in [9.17, 15) is 14.4 Å². The van der Waals surface area contributed by atoms with Crippen molar-refractivity contribution in [1.29, 1.82) is 0 Å².